The first kappa shape index (κ1) is 21.5. The molecule has 1 atom stereocenters. The predicted molar refractivity (Wildman–Crippen MR) is 113 cm³/mol. The predicted octanol–water partition coefficient (Wildman–Crippen LogP) is 1.36. The number of carbonyl (C=O) groups is 2. The largest absolute Gasteiger partial charge is 0.378 e. The summed E-state index contributed by atoms with van der Waals surface area (Å²) in [6.45, 7) is 8.38. The number of aromatic nitrogens is 5. The molecule has 4 heterocycles. The minimum Gasteiger partial charge on any atom is -0.378 e. The number of rotatable bonds is 6. The Balaban J connectivity index is 1.38. The zero-order valence-corrected chi connectivity index (χ0v) is 18.4. The van der Waals surface area contributed by atoms with E-state index in [1.807, 2.05) is 23.4 Å². The van der Waals surface area contributed by atoms with Gasteiger partial charge in [-0.3, -0.25) is 19.0 Å². The second-order valence-electron chi connectivity index (χ2n) is 8.17. The molecule has 2 aromatic rings. The van der Waals surface area contributed by atoms with E-state index in [9.17, 15) is 9.59 Å². The molecule has 2 aliphatic heterocycles. The fourth-order valence-corrected chi connectivity index (χ4v) is 4.41. The van der Waals surface area contributed by atoms with E-state index in [2.05, 4.69) is 15.4 Å². The second-order valence-corrected chi connectivity index (χ2v) is 8.17. The molecule has 168 valence electrons. The first-order chi connectivity index (χ1) is 15.1. The Hall–Kier alpha value is -2.75. The van der Waals surface area contributed by atoms with Gasteiger partial charge in [-0.05, 0) is 39.5 Å². The van der Waals surface area contributed by atoms with Crippen molar-refractivity contribution in [3.8, 4) is 0 Å². The van der Waals surface area contributed by atoms with Gasteiger partial charge in [0, 0.05) is 44.5 Å². The minimum absolute atomic E-state index is 0.0590. The molecule has 0 spiro atoms. The number of amides is 2. The number of carbonyl (C=O) groups excluding carboxylic acids is 2. The molecule has 2 saturated heterocycles. The monoisotopic (exact) mass is 429 g/mol. The van der Waals surface area contributed by atoms with Crippen LogP contribution in [-0.4, -0.2) is 85.3 Å². The van der Waals surface area contributed by atoms with Crippen molar-refractivity contribution in [1.82, 2.24) is 34.6 Å². The van der Waals surface area contributed by atoms with E-state index in [-0.39, 0.29) is 17.9 Å². The van der Waals surface area contributed by atoms with Gasteiger partial charge in [0.15, 0.2) is 5.69 Å². The van der Waals surface area contributed by atoms with E-state index < -0.39 is 0 Å². The Bertz CT molecular complexity index is 916. The van der Waals surface area contributed by atoms with Gasteiger partial charge in [0.2, 0.25) is 0 Å². The summed E-state index contributed by atoms with van der Waals surface area (Å²) in [7, 11) is 0. The van der Waals surface area contributed by atoms with E-state index in [4.69, 9.17) is 4.74 Å². The van der Waals surface area contributed by atoms with E-state index in [1.165, 1.54) is 0 Å². The van der Waals surface area contributed by atoms with Crippen molar-refractivity contribution in [2.24, 2.45) is 0 Å². The average molecular weight is 430 g/mol. The maximum atomic E-state index is 13.2. The number of ether oxygens (including phenoxy) is 1. The van der Waals surface area contributed by atoms with Crippen molar-refractivity contribution in [2.45, 2.75) is 58.7 Å². The molecule has 0 saturated carbocycles. The molecular weight excluding hydrogens is 398 g/mol. The van der Waals surface area contributed by atoms with Gasteiger partial charge in [-0.1, -0.05) is 5.21 Å². The van der Waals surface area contributed by atoms with Crippen LogP contribution in [0.1, 0.15) is 59.1 Å². The van der Waals surface area contributed by atoms with Crippen molar-refractivity contribution in [2.75, 3.05) is 32.8 Å². The highest BCUT2D eigenvalue weighted by Gasteiger charge is 2.29. The summed E-state index contributed by atoms with van der Waals surface area (Å²) in [4.78, 5) is 29.5. The summed E-state index contributed by atoms with van der Waals surface area (Å²) >= 11 is 0. The van der Waals surface area contributed by atoms with E-state index >= 15 is 0 Å². The molecule has 0 radical (unpaired) electrons. The van der Waals surface area contributed by atoms with Crippen LogP contribution in [0.4, 0.5) is 0 Å². The highest BCUT2D eigenvalue weighted by atomic mass is 16.5. The number of nitrogens with zero attached hydrogens (tertiary/aromatic N) is 7. The van der Waals surface area contributed by atoms with E-state index in [0.29, 0.717) is 44.1 Å². The first-order valence-corrected chi connectivity index (χ1v) is 11.2. The molecule has 2 aromatic heterocycles. The fraction of sp³-hybridized carbons (Fsp3) is 0.667. The molecule has 0 aliphatic carbocycles. The van der Waals surface area contributed by atoms with Gasteiger partial charge in [0.1, 0.15) is 0 Å². The minimum atomic E-state index is -0.104. The average Bonchev–Trinajstić information content (AvgIpc) is 3.44. The number of hydrogen-bond donors (Lipinski definition) is 0. The van der Waals surface area contributed by atoms with Crippen LogP contribution < -0.4 is 0 Å². The second kappa shape index (κ2) is 9.59. The summed E-state index contributed by atoms with van der Waals surface area (Å²) in [5, 5.41) is 12.5. The summed E-state index contributed by atoms with van der Waals surface area (Å²) in [6.07, 6.45) is 7.28. The van der Waals surface area contributed by atoms with Crippen molar-refractivity contribution in [3.05, 3.63) is 29.3 Å². The van der Waals surface area contributed by atoms with Crippen molar-refractivity contribution < 1.29 is 14.3 Å². The number of piperidine rings is 1. The van der Waals surface area contributed by atoms with Crippen LogP contribution in [0.25, 0.3) is 0 Å². The normalized spacial score (nSPS) is 19.6. The SMILES string of the molecule is CCn1ncc(C(=O)N2CCCCC2CCn2cc(C(=O)N3CCOCC3)nn2)c1C. The van der Waals surface area contributed by atoms with Crippen molar-refractivity contribution in [1.29, 1.82) is 0 Å². The number of aryl methyl sites for hydroxylation is 2. The number of likely N-dealkylation sites (tertiary alicyclic amines) is 1. The van der Waals surface area contributed by atoms with Gasteiger partial charge in [0.05, 0.1) is 31.2 Å². The lowest BCUT2D eigenvalue weighted by Gasteiger charge is -2.35. The van der Waals surface area contributed by atoms with Gasteiger partial charge in [-0.15, -0.1) is 5.10 Å². The lowest BCUT2D eigenvalue weighted by molar-refractivity contribution is 0.0299. The van der Waals surface area contributed by atoms with E-state index in [0.717, 1.165) is 44.5 Å². The third-order valence-electron chi connectivity index (χ3n) is 6.27. The van der Waals surface area contributed by atoms with Gasteiger partial charge in [-0.25, -0.2) is 0 Å². The zero-order valence-electron chi connectivity index (χ0n) is 18.4. The summed E-state index contributed by atoms with van der Waals surface area (Å²) in [5.41, 5.74) is 1.97. The fourth-order valence-electron chi connectivity index (χ4n) is 4.41. The molecule has 4 rings (SSSR count). The van der Waals surface area contributed by atoms with Crippen LogP contribution in [0.2, 0.25) is 0 Å². The van der Waals surface area contributed by atoms with Crippen LogP contribution in [-0.2, 0) is 17.8 Å². The third kappa shape index (κ3) is 4.63. The number of morpholine rings is 1. The lowest BCUT2D eigenvalue weighted by Crippen LogP contribution is -2.44. The Labute approximate surface area is 182 Å². The van der Waals surface area contributed by atoms with Crippen LogP contribution in [0.3, 0.4) is 0 Å². The molecule has 0 aromatic carbocycles. The Morgan fingerprint density at radius 2 is 1.97 bits per heavy atom. The van der Waals surface area contributed by atoms with Crippen LogP contribution in [0, 0.1) is 6.92 Å². The summed E-state index contributed by atoms with van der Waals surface area (Å²) in [5.74, 6) is -0.0453. The molecule has 31 heavy (non-hydrogen) atoms. The maximum absolute atomic E-state index is 13.2. The molecule has 2 fully saturated rings. The molecular formula is C21H31N7O3. The van der Waals surface area contributed by atoms with Crippen molar-refractivity contribution >= 4 is 11.8 Å². The maximum Gasteiger partial charge on any atom is 0.276 e. The standard InChI is InChI=1S/C21H31N7O3/c1-3-28-16(2)18(14-22-28)20(29)27-8-5-4-6-17(27)7-9-26-15-19(23-24-26)21(30)25-10-12-31-13-11-25/h14-15,17H,3-13H2,1-2H3. The molecule has 2 aliphatic rings. The molecule has 0 N–H and O–H groups in total. The van der Waals surface area contributed by atoms with Gasteiger partial charge in [0.25, 0.3) is 11.8 Å². The number of hydrogen-bond acceptors (Lipinski definition) is 6. The van der Waals surface area contributed by atoms with Gasteiger partial charge < -0.3 is 14.5 Å². The van der Waals surface area contributed by atoms with Crippen molar-refractivity contribution in [3.63, 3.8) is 0 Å². The Kier molecular flexibility index (Phi) is 6.64. The smallest absolute Gasteiger partial charge is 0.276 e. The highest BCUT2D eigenvalue weighted by Crippen LogP contribution is 2.23. The zero-order chi connectivity index (χ0) is 21.8. The first-order valence-electron chi connectivity index (χ1n) is 11.2. The molecule has 10 heteroatoms. The van der Waals surface area contributed by atoms with Crippen LogP contribution in [0.5, 0.6) is 0 Å². The van der Waals surface area contributed by atoms with Gasteiger partial charge >= 0.3 is 0 Å². The van der Waals surface area contributed by atoms with E-state index in [1.54, 1.807) is 22.0 Å². The summed E-state index contributed by atoms with van der Waals surface area (Å²) < 4.78 is 8.87. The van der Waals surface area contributed by atoms with Crippen LogP contribution in [0.15, 0.2) is 12.4 Å². The molecule has 2 amide bonds. The lowest BCUT2D eigenvalue weighted by atomic mass is 9.98. The van der Waals surface area contributed by atoms with Crippen LogP contribution >= 0.6 is 0 Å². The third-order valence-corrected chi connectivity index (χ3v) is 6.27. The molecule has 10 nitrogen and oxygen atoms in total. The molecule has 1 unspecified atom stereocenters. The molecule has 0 bridgehead atoms. The Morgan fingerprint density at radius 1 is 1.16 bits per heavy atom. The Morgan fingerprint density at radius 3 is 2.71 bits per heavy atom. The quantitative estimate of drug-likeness (QED) is 0.688. The topological polar surface area (TPSA) is 98.4 Å². The summed E-state index contributed by atoms with van der Waals surface area (Å²) in [6, 6.07) is 0.147. The highest BCUT2D eigenvalue weighted by molar-refractivity contribution is 5.95. The van der Waals surface area contributed by atoms with Gasteiger partial charge in [-0.2, -0.15) is 5.10 Å².